The summed E-state index contributed by atoms with van der Waals surface area (Å²) in [7, 11) is -2.48. The monoisotopic (exact) mass is 646 g/mol. The Labute approximate surface area is 232 Å². The Morgan fingerprint density at radius 1 is 0.757 bits per heavy atom. The Hall–Kier alpha value is -3.14. The molecule has 4 aromatic heterocycles. The van der Waals surface area contributed by atoms with Gasteiger partial charge in [0.15, 0.2) is 0 Å². The van der Waals surface area contributed by atoms with E-state index in [0.717, 1.165) is 20.5 Å². The van der Waals surface area contributed by atoms with Crippen LogP contribution in [0.2, 0.25) is 39.3 Å². The molecule has 0 radical (unpaired) electrons. The van der Waals surface area contributed by atoms with Gasteiger partial charge >= 0.3 is 0 Å². The summed E-state index contributed by atoms with van der Waals surface area (Å²) in [6.45, 7) is 13.0. The first-order chi connectivity index (χ1) is 17.3. The van der Waals surface area contributed by atoms with E-state index in [1.807, 2.05) is 12.4 Å². The molecule has 4 heterocycles. The molecule has 4 aromatic rings. The van der Waals surface area contributed by atoms with Gasteiger partial charge in [-0.3, -0.25) is 0 Å². The molecular weight excluding hydrogens is 617 g/mol. The minimum absolute atomic E-state index is 0.481. The maximum atomic E-state index is 12.7. The van der Waals surface area contributed by atoms with Crippen molar-refractivity contribution >= 4 is 38.7 Å². The van der Waals surface area contributed by atoms with Gasteiger partial charge in [-0.2, -0.15) is 19.0 Å². The summed E-state index contributed by atoms with van der Waals surface area (Å²) in [6.07, 6.45) is 15.1. The zero-order chi connectivity index (χ0) is 27.6. The van der Waals surface area contributed by atoms with Crippen LogP contribution in [-0.2, 0) is 0 Å². The van der Waals surface area contributed by atoms with Gasteiger partial charge in [0.05, 0.1) is 45.3 Å². The minimum Gasteiger partial charge on any atom is -0.238 e. The SMILES string of the molecule is C#C[Si](C)(C)C.C[Si](C)(C)C#Cc1cnn(-c2ccc(F)nc2)c1.Fc1ccc(-n2cc(I)cn2)cn1. The third kappa shape index (κ3) is 11.6. The van der Waals surface area contributed by atoms with E-state index < -0.39 is 28.0 Å². The molecule has 6 nitrogen and oxygen atoms in total. The lowest BCUT2D eigenvalue weighted by Gasteiger charge is -2.02. The molecule has 0 spiro atoms. The predicted octanol–water partition coefficient (Wildman–Crippen LogP) is 6.14. The summed E-state index contributed by atoms with van der Waals surface area (Å²) in [6, 6.07) is 5.88. The van der Waals surface area contributed by atoms with Crippen LogP contribution in [0.3, 0.4) is 0 Å². The molecule has 37 heavy (non-hydrogen) atoms. The molecule has 11 heteroatoms. The molecule has 0 unspecified atom stereocenters. The van der Waals surface area contributed by atoms with Gasteiger partial charge < -0.3 is 0 Å². The van der Waals surface area contributed by atoms with Crippen molar-refractivity contribution in [3.05, 3.63) is 82.5 Å². The lowest BCUT2D eigenvalue weighted by Crippen LogP contribution is -2.16. The van der Waals surface area contributed by atoms with Crippen molar-refractivity contribution in [2.24, 2.45) is 0 Å². The Kier molecular flexibility index (Phi) is 10.9. The van der Waals surface area contributed by atoms with Crippen molar-refractivity contribution in [3.63, 3.8) is 0 Å². The number of hydrogen-bond acceptors (Lipinski definition) is 4. The van der Waals surface area contributed by atoms with Crippen molar-refractivity contribution in [1.82, 2.24) is 29.5 Å². The maximum absolute atomic E-state index is 12.7. The highest BCUT2D eigenvalue weighted by molar-refractivity contribution is 14.1. The molecule has 0 saturated heterocycles. The van der Waals surface area contributed by atoms with E-state index in [1.165, 1.54) is 24.5 Å². The lowest BCUT2D eigenvalue weighted by atomic mass is 10.4. The Morgan fingerprint density at radius 2 is 1.24 bits per heavy atom. The van der Waals surface area contributed by atoms with Crippen LogP contribution in [0.5, 0.6) is 0 Å². The van der Waals surface area contributed by atoms with Crippen molar-refractivity contribution in [3.8, 4) is 34.8 Å². The van der Waals surface area contributed by atoms with Gasteiger partial charge in [-0.25, -0.2) is 19.3 Å². The van der Waals surface area contributed by atoms with Crippen LogP contribution in [0.25, 0.3) is 11.4 Å². The van der Waals surface area contributed by atoms with Crippen molar-refractivity contribution in [2.75, 3.05) is 0 Å². The molecule has 4 rings (SSSR count). The van der Waals surface area contributed by atoms with Crippen molar-refractivity contribution in [2.45, 2.75) is 39.3 Å². The van der Waals surface area contributed by atoms with Gasteiger partial charge in [0.25, 0.3) is 0 Å². The highest BCUT2D eigenvalue weighted by Crippen LogP contribution is 2.09. The van der Waals surface area contributed by atoms with Gasteiger partial charge in [-0.05, 0) is 46.9 Å². The van der Waals surface area contributed by atoms with Crippen molar-refractivity contribution in [1.29, 1.82) is 0 Å². The summed E-state index contributed by atoms with van der Waals surface area (Å²) in [5, 5.41) is 8.25. The number of pyridine rings is 2. The molecule has 0 saturated carbocycles. The van der Waals surface area contributed by atoms with E-state index >= 15 is 0 Å². The third-order valence-electron chi connectivity index (χ3n) is 4.10. The number of halogens is 3. The summed E-state index contributed by atoms with van der Waals surface area (Å²) < 4.78 is 29.5. The minimum atomic E-state index is -1.38. The molecule has 192 valence electrons. The molecular formula is C26H29F2IN6Si2. The fraction of sp³-hybridized carbons (Fsp3) is 0.231. The van der Waals surface area contributed by atoms with Crippen LogP contribution in [-0.4, -0.2) is 45.7 Å². The highest BCUT2D eigenvalue weighted by atomic mass is 127. The normalized spacial score (nSPS) is 10.6. The molecule has 0 amide bonds. The van der Waals surface area contributed by atoms with E-state index in [2.05, 4.69) is 99.0 Å². The predicted molar refractivity (Wildman–Crippen MR) is 158 cm³/mol. The first-order valence-corrected chi connectivity index (χ1v) is 19.3. The summed E-state index contributed by atoms with van der Waals surface area (Å²) in [5.74, 6) is 2.14. The van der Waals surface area contributed by atoms with Crippen LogP contribution in [0, 0.1) is 38.9 Å². The lowest BCUT2D eigenvalue weighted by molar-refractivity contribution is 0.582. The molecule has 0 aliphatic carbocycles. The second-order valence-corrected chi connectivity index (χ2v) is 20.6. The number of terminal acetylenes is 1. The smallest absolute Gasteiger partial charge is 0.212 e. The largest absolute Gasteiger partial charge is 0.238 e. The van der Waals surface area contributed by atoms with Crippen molar-refractivity contribution < 1.29 is 8.78 Å². The molecule has 0 aromatic carbocycles. The zero-order valence-electron chi connectivity index (χ0n) is 21.7. The van der Waals surface area contributed by atoms with Crippen LogP contribution < -0.4 is 0 Å². The first kappa shape index (κ1) is 30.1. The van der Waals surface area contributed by atoms with E-state index in [0.29, 0.717) is 0 Å². The molecule has 0 atom stereocenters. The van der Waals surface area contributed by atoms with E-state index in [9.17, 15) is 8.78 Å². The molecule has 0 aliphatic heterocycles. The Morgan fingerprint density at radius 3 is 1.62 bits per heavy atom. The molecule has 0 aliphatic rings. The maximum Gasteiger partial charge on any atom is 0.212 e. The Balaban J connectivity index is 0.000000221. The molecule has 0 fully saturated rings. The van der Waals surface area contributed by atoms with E-state index in [4.69, 9.17) is 6.42 Å². The summed E-state index contributed by atoms with van der Waals surface area (Å²) >= 11 is 2.16. The first-order valence-electron chi connectivity index (χ1n) is 11.3. The van der Waals surface area contributed by atoms with Gasteiger partial charge in [0, 0.05) is 12.4 Å². The van der Waals surface area contributed by atoms with E-state index in [-0.39, 0.29) is 0 Å². The van der Waals surface area contributed by atoms with Gasteiger partial charge in [0.2, 0.25) is 11.9 Å². The second kappa shape index (κ2) is 13.4. The Bertz CT molecular complexity index is 1380. The fourth-order valence-electron chi connectivity index (χ4n) is 2.24. The van der Waals surface area contributed by atoms with Crippen LogP contribution in [0.15, 0.2) is 61.4 Å². The topological polar surface area (TPSA) is 61.4 Å². The van der Waals surface area contributed by atoms with Crippen LogP contribution in [0.1, 0.15) is 5.56 Å². The fourth-order valence-corrected chi connectivity index (χ4v) is 3.15. The summed E-state index contributed by atoms with van der Waals surface area (Å²) in [5.41, 5.74) is 8.35. The number of nitrogens with zero attached hydrogens (tertiary/aromatic N) is 6. The van der Waals surface area contributed by atoms with Crippen LogP contribution in [0.4, 0.5) is 8.78 Å². The number of aromatic nitrogens is 6. The number of rotatable bonds is 2. The standard InChI is InChI=1S/C13H14FN3Si.C8H5FIN3.C5H10Si/c1-18(2,3)7-6-11-8-16-17(10-11)12-4-5-13(14)15-9-12;9-8-2-1-7(4-11-8)13-5-6(10)3-12-13;1-5-6(2,3)4/h4-5,8-10H,1-3H3;1-5H;1H,2-4H3. The third-order valence-corrected chi connectivity index (χ3v) is 6.40. The highest BCUT2D eigenvalue weighted by Gasteiger charge is 2.08. The molecule has 0 bridgehead atoms. The quantitative estimate of drug-likeness (QED) is 0.114. The van der Waals surface area contributed by atoms with E-state index in [1.54, 1.807) is 33.9 Å². The van der Waals surface area contributed by atoms with Crippen LogP contribution >= 0.6 is 22.6 Å². The van der Waals surface area contributed by atoms with Gasteiger partial charge in [0.1, 0.15) is 16.1 Å². The van der Waals surface area contributed by atoms with Gasteiger partial charge in [-0.15, -0.1) is 17.5 Å². The molecule has 0 N–H and O–H groups in total. The van der Waals surface area contributed by atoms with Gasteiger partial charge in [-0.1, -0.05) is 45.2 Å². The summed E-state index contributed by atoms with van der Waals surface area (Å²) in [4.78, 5) is 7.13. The zero-order valence-corrected chi connectivity index (χ0v) is 25.8. The number of hydrogen-bond donors (Lipinski definition) is 0. The second-order valence-electron chi connectivity index (χ2n) is 9.85. The average molecular weight is 647 g/mol. The average Bonchev–Trinajstić information content (AvgIpc) is 3.48.